The molecule has 0 aliphatic carbocycles. The normalized spacial score (nSPS) is 23.5. The predicted molar refractivity (Wildman–Crippen MR) is 119 cm³/mol. The van der Waals surface area contributed by atoms with Gasteiger partial charge in [-0.15, -0.1) is 0 Å². The Balaban J connectivity index is 1.51. The quantitative estimate of drug-likeness (QED) is 0.781. The highest BCUT2D eigenvalue weighted by atomic mass is 32.2. The number of benzene rings is 2. The van der Waals surface area contributed by atoms with Gasteiger partial charge in [0.2, 0.25) is 15.9 Å². The molecule has 2 aromatic carbocycles. The van der Waals surface area contributed by atoms with Gasteiger partial charge in [0.15, 0.2) is 0 Å². The van der Waals surface area contributed by atoms with Crippen LogP contribution in [0, 0.1) is 12.8 Å². The number of sulfonamides is 1. The zero-order chi connectivity index (χ0) is 22.2. The first-order chi connectivity index (χ1) is 14.7. The highest BCUT2D eigenvalue weighted by Gasteiger charge is 2.38. The molecule has 166 valence electrons. The Hall–Kier alpha value is -2.38. The molecule has 2 aliphatic heterocycles. The third-order valence-electron chi connectivity index (χ3n) is 6.08. The van der Waals surface area contributed by atoms with Crippen molar-refractivity contribution in [2.75, 3.05) is 13.1 Å². The van der Waals surface area contributed by atoms with E-state index in [1.165, 1.54) is 4.31 Å². The highest BCUT2D eigenvalue weighted by Crippen LogP contribution is 2.40. The minimum atomic E-state index is -3.60. The van der Waals surface area contributed by atoms with Crippen molar-refractivity contribution in [1.82, 2.24) is 9.62 Å². The summed E-state index contributed by atoms with van der Waals surface area (Å²) in [5.74, 6) is 0.332. The number of nitrogens with zero attached hydrogens (tertiary/aromatic N) is 1. The largest absolute Gasteiger partial charge is 0.487 e. The van der Waals surface area contributed by atoms with Gasteiger partial charge in [0.1, 0.15) is 11.4 Å². The van der Waals surface area contributed by atoms with Crippen LogP contribution in [0.25, 0.3) is 0 Å². The number of amides is 1. The number of carbonyl (C=O) groups excluding carboxylic acids is 1. The van der Waals surface area contributed by atoms with E-state index < -0.39 is 15.6 Å². The van der Waals surface area contributed by atoms with E-state index in [-0.39, 0.29) is 29.3 Å². The minimum absolute atomic E-state index is 0.0943. The number of fused-ring (bicyclic) bond motifs is 1. The Labute approximate surface area is 184 Å². The van der Waals surface area contributed by atoms with Gasteiger partial charge in [-0.3, -0.25) is 4.79 Å². The van der Waals surface area contributed by atoms with E-state index in [1.54, 1.807) is 30.3 Å². The summed E-state index contributed by atoms with van der Waals surface area (Å²) in [4.78, 5) is 13.5. The lowest BCUT2D eigenvalue weighted by atomic mass is 9.88. The summed E-state index contributed by atoms with van der Waals surface area (Å²) in [6, 6.07) is 14.3. The first-order valence-electron chi connectivity index (χ1n) is 10.8. The van der Waals surface area contributed by atoms with E-state index in [1.807, 2.05) is 32.9 Å². The van der Waals surface area contributed by atoms with Gasteiger partial charge >= 0.3 is 0 Å². The summed E-state index contributed by atoms with van der Waals surface area (Å²) in [6.45, 7) is 6.70. The third-order valence-corrected chi connectivity index (χ3v) is 7.95. The fourth-order valence-electron chi connectivity index (χ4n) is 4.51. The lowest BCUT2D eigenvalue weighted by molar-refractivity contribution is -0.127. The van der Waals surface area contributed by atoms with Crippen LogP contribution in [0.3, 0.4) is 0 Å². The van der Waals surface area contributed by atoms with Crippen LogP contribution in [0.2, 0.25) is 0 Å². The predicted octanol–water partition coefficient (Wildman–Crippen LogP) is 3.81. The SMILES string of the molecule is Cc1ccc2c(c1)[C@@H](NC(=O)[C@@H]1CCCN(S(=O)(=O)c3ccccc3)C1)CC(C)(C)O2. The van der Waals surface area contributed by atoms with Crippen LogP contribution in [0.5, 0.6) is 5.75 Å². The van der Waals surface area contributed by atoms with Crippen LogP contribution in [0.4, 0.5) is 0 Å². The Kier molecular flexibility index (Phi) is 5.83. The molecule has 0 saturated carbocycles. The van der Waals surface area contributed by atoms with Crippen molar-refractivity contribution in [3.8, 4) is 5.75 Å². The molecule has 2 aliphatic rings. The van der Waals surface area contributed by atoms with Gasteiger partial charge in [-0.05, 0) is 51.8 Å². The molecule has 0 spiro atoms. The average Bonchev–Trinajstić information content (AvgIpc) is 2.74. The summed E-state index contributed by atoms with van der Waals surface area (Å²) >= 11 is 0. The molecule has 2 aromatic rings. The third kappa shape index (κ3) is 4.62. The molecule has 2 heterocycles. The molecule has 0 aromatic heterocycles. The van der Waals surface area contributed by atoms with Crippen LogP contribution < -0.4 is 10.1 Å². The Morgan fingerprint density at radius 3 is 2.65 bits per heavy atom. The lowest BCUT2D eigenvalue weighted by Gasteiger charge is -2.39. The van der Waals surface area contributed by atoms with E-state index in [4.69, 9.17) is 4.74 Å². The fourth-order valence-corrected chi connectivity index (χ4v) is 6.05. The van der Waals surface area contributed by atoms with Crippen LogP contribution in [-0.2, 0) is 14.8 Å². The summed E-state index contributed by atoms with van der Waals surface area (Å²) < 4.78 is 33.6. The number of piperidine rings is 1. The Morgan fingerprint density at radius 1 is 1.16 bits per heavy atom. The van der Waals surface area contributed by atoms with Gasteiger partial charge in [0.05, 0.1) is 16.9 Å². The number of hydrogen-bond donors (Lipinski definition) is 1. The number of aryl methyl sites for hydroxylation is 1. The van der Waals surface area contributed by atoms with Crippen LogP contribution >= 0.6 is 0 Å². The number of carbonyl (C=O) groups is 1. The first-order valence-corrected chi connectivity index (χ1v) is 12.2. The molecule has 0 unspecified atom stereocenters. The molecule has 31 heavy (non-hydrogen) atoms. The molecule has 1 amide bonds. The molecule has 1 N–H and O–H groups in total. The number of ether oxygens (including phenoxy) is 1. The molecule has 0 bridgehead atoms. The molecule has 7 heteroatoms. The van der Waals surface area contributed by atoms with Gasteiger partial charge in [-0.25, -0.2) is 8.42 Å². The van der Waals surface area contributed by atoms with E-state index >= 15 is 0 Å². The summed E-state index contributed by atoms with van der Waals surface area (Å²) in [7, 11) is -3.60. The van der Waals surface area contributed by atoms with Crippen LogP contribution in [0.15, 0.2) is 53.4 Å². The number of nitrogens with one attached hydrogen (secondary N) is 1. The smallest absolute Gasteiger partial charge is 0.243 e. The molecule has 4 rings (SSSR count). The van der Waals surface area contributed by atoms with Gasteiger partial charge in [0, 0.05) is 25.1 Å². The molecule has 1 saturated heterocycles. The van der Waals surface area contributed by atoms with E-state index in [2.05, 4.69) is 11.4 Å². The lowest BCUT2D eigenvalue weighted by Crippen LogP contribution is -2.48. The summed E-state index contributed by atoms with van der Waals surface area (Å²) in [5.41, 5.74) is 1.70. The van der Waals surface area contributed by atoms with Gasteiger partial charge in [0.25, 0.3) is 0 Å². The molecule has 0 radical (unpaired) electrons. The molecule has 2 atom stereocenters. The second kappa shape index (κ2) is 8.28. The highest BCUT2D eigenvalue weighted by molar-refractivity contribution is 7.89. The van der Waals surface area contributed by atoms with Crippen LogP contribution in [-0.4, -0.2) is 37.3 Å². The fraction of sp³-hybridized carbons (Fsp3) is 0.458. The molecular weight excluding hydrogens is 412 g/mol. The summed E-state index contributed by atoms with van der Waals surface area (Å²) in [6.07, 6.45) is 2.01. The van der Waals surface area contributed by atoms with Gasteiger partial charge in [-0.2, -0.15) is 4.31 Å². The zero-order valence-electron chi connectivity index (χ0n) is 18.3. The second-order valence-corrected chi connectivity index (χ2v) is 11.1. The minimum Gasteiger partial charge on any atom is -0.487 e. The Morgan fingerprint density at radius 2 is 1.90 bits per heavy atom. The van der Waals surface area contributed by atoms with E-state index in [0.717, 1.165) is 16.9 Å². The molecular formula is C24H30N2O4S. The van der Waals surface area contributed by atoms with Crippen LogP contribution in [0.1, 0.15) is 50.3 Å². The van der Waals surface area contributed by atoms with E-state index in [0.29, 0.717) is 25.8 Å². The van der Waals surface area contributed by atoms with Crippen molar-refractivity contribution in [1.29, 1.82) is 0 Å². The van der Waals surface area contributed by atoms with Crippen molar-refractivity contribution < 1.29 is 17.9 Å². The van der Waals surface area contributed by atoms with Crippen molar-refractivity contribution in [2.45, 2.75) is 56.6 Å². The standard InChI is InChI=1S/C24H30N2O4S/c1-17-11-12-22-20(14-17)21(15-24(2,3)30-22)25-23(27)18-8-7-13-26(16-18)31(28,29)19-9-5-4-6-10-19/h4-6,9-12,14,18,21H,7-8,13,15-16H2,1-3H3,(H,25,27)/t18-,21+/m1/s1. The average molecular weight is 443 g/mol. The van der Waals surface area contributed by atoms with E-state index in [9.17, 15) is 13.2 Å². The maximum absolute atomic E-state index is 13.2. The number of hydrogen-bond acceptors (Lipinski definition) is 4. The van der Waals surface area contributed by atoms with Gasteiger partial charge in [-0.1, -0.05) is 35.9 Å². The Bertz CT molecular complexity index is 1070. The zero-order valence-corrected chi connectivity index (χ0v) is 19.1. The number of rotatable bonds is 4. The van der Waals surface area contributed by atoms with Crippen molar-refractivity contribution in [3.63, 3.8) is 0 Å². The summed E-state index contributed by atoms with van der Waals surface area (Å²) in [5, 5.41) is 3.20. The maximum Gasteiger partial charge on any atom is 0.243 e. The molecule has 6 nitrogen and oxygen atoms in total. The monoisotopic (exact) mass is 442 g/mol. The maximum atomic E-state index is 13.2. The first kappa shape index (κ1) is 21.8. The van der Waals surface area contributed by atoms with Crippen molar-refractivity contribution in [3.05, 3.63) is 59.7 Å². The molecule has 1 fully saturated rings. The van der Waals surface area contributed by atoms with Crippen molar-refractivity contribution in [2.24, 2.45) is 5.92 Å². The van der Waals surface area contributed by atoms with Crippen molar-refractivity contribution >= 4 is 15.9 Å². The second-order valence-electron chi connectivity index (χ2n) is 9.18. The topological polar surface area (TPSA) is 75.7 Å². The van der Waals surface area contributed by atoms with Gasteiger partial charge < -0.3 is 10.1 Å².